The van der Waals surface area contributed by atoms with Gasteiger partial charge in [-0.15, -0.1) is 0 Å². The molecule has 0 aromatic carbocycles. The van der Waals surface area contributed by atoms with Crippen LogP contribution < -0.4 is 0 Å². The van der Waals surface area contributed by atoms with E-state index in [0.29, 0.717) is 19.0 Å². The van der Waals surface area contributed by atoms with Crippen LogP contribution in [0.2, 0.25) is 0 Å². The van der Waals surface area contributed by atoms with Gasteiger partial charge in [0, 0.05) is 13.1 Å². The van der Waals surface area contributed by atoms with Crippen LogP contribution in [0.15, 0.2) is 0 Å². The van der Waals surface area contributed by atoms with E-state index in [9.17, 15) is 4.79 Å². The average molecular weight is 157 g/mol. The molecule has 0 aromatic rings. The molecule has 1 N–H and O–H groups in total. The van der Waals surface area contributed by atoms with Crippen LogP contribution in [0, 0.1) is 11.3 Å². The van der Waals surface area contributed by atoms with Gasteiger partial charge in [0.25, 0.3) is 0 Å². The third kappa shape index (κ3) is 1.64. The van der Waals surface area contributed by atoms with E-state index in [1.165, 1.54) is 4.90 Å². The van der Waals surface area contributed by atoms with Crippen molar-refractivity contribution in [2.45, 2.75) is 20.8 Å². The van der Waals surface area contributed by atoms with Gasteiger partial charge in [0.1, 0.15) is 0 Å². The number of carbonyl (C=O) groups is 1. The van der Waals surface area contributed by atoms with Crippen LogP contribution in [-0.4, -0.2) is 29.2 Å². The minimum Gasteiger partial charge on any atom is -0.465 e. The number of hydrogen-bond donors (Lipinski definition) is 1. The van der Waals surface area contributed by atoms with Crippen LogP contribution in [-0.2, 0) is 0 Å². The van der Waals surface area contributed by atoms with Gasteiger partial charge in [-0.1, -0.05) is 20.8 Å². The highest BCUT2D eigenvalue weighted by Gasteiger charge is 2.37. The van der Waals surface area contributed by atoms with Crippen molar-refractivity contribution in [1.82, 2.24) is 4.90 Å². The smallest absolute Gasteiger partial charge is 0.407 e. The molecule has 1 aliphatic heterocycles. The van der Waals surface area contributed by atoms with E-state index in [0.717, 1.165) is 0 Å². The van der Waals surface area contributed by atoms with E-state index in [2.05, 4.69) is 20.8 Å². The van der Waals surface area contributed by atoms with Gasteiger partial charge < -0.3 is 10.0 Å². The van der Waals surface area contributed by atoms with Crippen molar-refractivity contribution in [2.75, 3.05) is 13.1 Å². The maximum absolute atomic E-state index is 10.4. The molecule has 1 amide bonds. The lowest BCUT2D eigenvalue weighted by atomic mass is 9.76. The molecule has 0 unspecified atom stereocenters. The third-order valence-electron chi connectivity index (χ3n) is 2.38. The summed E-state index contributed by atoms with van der Waals surface area (Å²) in [6.07, 6.45) is -0.787. The van der Waals surface area contributed by atoms with Crippen molar-refractivity contribution in [2.24, 2.45) is 11.3 Å². The summed E-state index contributed by atoms with van der Waals surface area (Å²) in [5.41, 5.74) is 0.256. The Bertz CT molecular complexity index is 165. The minimum atomic E-state index is -0.787. The Morgan fingerprint density at radius 3 is 2.18 bits per heavy atom. The average Bonchev–Trinajstić information content (AvgIpc) is 1.51. The standard InChI is InChI=1S/C8H15NO2/c1-8(2,3)6-4-9(5-6)7(10)11/h6H,4-5H2,1-3H3,(H,10,11). The van der Waals surface area contributed by atoms with Crippen molar-refractivity contribution in [3.05, 3.63) is 0 Å². The fourth-order valence-corrected chi connectivity index (χ4v) is 1.18. The van der Waals surface area contributed by atoms with Crippen molar-refractivity contribution in [3.8, 4) is 0 Å². The summed E-state index contributed by atoms with van der Waals surface area (Å²) >= 11 is 0. The number of amides is 1. The molecule has 64 valence electrons. The molecule has 1 heterocycles. The maximum Gasteiger partial charge on any atom is 0.407 e. The topological polar surface area (TPSA) is 40.5 Å². The molecule has 11 heavy (non-hydrogen) atoms. The summed E-state index contributed by atoms with van der Waals surface area (Å²) in [5.74, 6) is 0.540. The zero-order chi connectivity index (χ0) is 8.65. The summed E-state index contributed by atoms with van der Waals surface area (Å²) in [6.45, 7) is 7.86. The van der Waals surface area contributed by atoms with Gasteiger partial charge in [0.15, 0.2) is 0 Å². The van der Waals surface area contributed by atoms with Gasteiger partial charge >= 0.3 is 6.09 Å². The maximum atomic E-state index is 10.4. The Morgan fingerprint density at radius 1 is 1.45 bits per heavy atom. The molecule has 3 heteroatoms. The molecule has 1 aliphatic rings. The van der Waals surface area contributed by atoms with Gasteiger partial charge in [-0.25, -0.2) is 4.79 Å². The highest BCUT2D eigenvalue weighted by molar-refractivity contribution is 5.66. The molecule has 3 nitrogen and oxygen atoms in total. The van der Waals surface area contributed by atoms with Gasteiger partial charge in [0.05, 0.1) is 0 Å². The Morgan fingerprint density at radius 2 is 1.91 bits per heavy atom. The lowest BCUT2D eigenvalue weighted by Gasteiger charge is -2.44. The molecular formula is C8H15NO2. The fourth-order valence-electron chi connectivity index (χ4n) is 1.18. The Labute approximate surface area is 67.0 Å². The Balaban J connectivity index is 2.35. The van der Waals surface area contributed by atoms with Crippen LogP contribution in [0.4, 0.5) is 4.79 Å². The molecule has 1 fully saturated rings. The summed E-state index contributed by atoms with van der Waals surface area (Å²) < 4.78 is 0. The van der Waals surface area contributed by atoms with Gasteiger partial charge in [-0.3, -0.25) is 0 Å². The monoisotopic (exact) mass is 157 g/mol. The third-order valence-corrected chi connectivity index (χ3v) is 2.38. The zero-order valence-corrected chi connectivity index (χ0v) is 7.29. The first-order valence-corrected chi connectivity index (χ1v) is 3.89. The second-order valence-corrected chi connectivity index (χ2v) is 4.25. The molecule has 0 spiro atoms. The van der Waals surface area contributed by atoms with E-state index >= 15 is 0 Å². The van der Waals surface area contributed by atoms with E-state index in [4.69, 9.17) is 5.11 Å². The van der Waals surface area contributed by atoms with Gasteiger partial charge in [0.2, 0.25) is 0 Å². The first kappa shape index (κ1) is 8.37. The van der Waals surface area contributed by atoms with E-state index in [1.54, 1.807) is 0 Å². The first-order chi connectivity index (χ1) is 4.91. The van der Waals surface area contributed by atoms with Crippen LogP contribution >= 0.6 is 0 Å². The number of likely N-dealkylation sites (tertiary alicyclic amines) is 1. The molecular weight excluding hydrogens is 142 g/mol. The van der Waals surface area contributed by atoms with Crippen molar-refractivity contribution in [3.63, 3.8) is 0 Å². The number of nitrogens with zero attached hydrogens (tertiary/aromatic N) is 1. The highest BCUT2D eigenvalue weighted by atomic mass is 16.4. The molecule has 0 aliphatic carbocycles. The molecule has 0 bridgehead atoms. The molecule has 0 radical (unpaired) electrons. The molecule has 1 saturated heterocycles. The number of hydrogen-bond acceptors (Lipinski definition) is 1. The van der Waals surface area contributed by atoms with E-state index in [1.807, 2.05) is 0 Å². The van der Waals surface area contributed by atoms with Crippen molar-refractivity contribution in [1.29, 1.82) is 0 Å². The number of carboxylic acid groups (broad SMARTS) is 1. The fraction of sp³-hybridized carbons (Fsp3) is 0.875. The van der Waals surface area contributed by atoms with Gasteiger partial charge in [-0.05, 0) is 11.3 Å². The Kier molecular flexibility index (Phi) is 1.82. The summed E-state index contributed by atoms with van der Waals surface area (Å²) in [6, 6.07) is 0. The lowest BCUT2D eigenvalue weighted by molar-refractivity contribution is 0.0301. The summed E-state index contributed by atoms with van der Waals surface area (Å²) in [4.78, 5) is 11.8. The Hall–Kier alpha value is -0.730. The first-order valence-electron chi connectivity index (χ1n) is 3.89. The van der Waals surface area contributed by atoms with Crippen molar-refractivity contribution >= 4 is 6.09 Å². The van der Waals surface area contributed by atoms with Gasteiger partial charge in [-0.2, -0.15) is 0 Å². The quantitative estimate of drug-likeness (QED) is 0.580. The molecule has 1 rings (SSSR count). The normalized spacial score (nSPS) is 19.7. The lowest BCUT2D eigenvalue weighted by Crippen LogP contribution is -2.54. The largest absolute Gasteiger partial charge is 0.465 e. The van der Waals surface area contributed by atoms with Crippen LogP contribution in [0.5, 0.6) is 0 Å². The van der Waals surface area contributed by atoms with Crippen LogP contribution in [0.3, 0.4) is 0 Å². The SMILES string of the molecule is CC(C)(C)C1CN(C(=O)O)C1. The molecule has 0 aromatic heterocycles. The number of rotatable bonds is 0. The summed E-state index contributed by atoms with van der Waals surface area (Å²) in [7, 11) is 0. The predicted octanol–water partition coefficient (Wildman–Crippen LogP) is 1.64. The van der Waals surface area contributed by atoms with Crippen LogP contribution in [0.25, 0.3) is 0 Å². The minimum absolute atomic E-state index is 0.256. The second kappa shape index (κ2) is 2.40. The van der Waals surface area contributed by atoms with E-state index in [-0.39, 0.29) is 5.41 Å². The zero-order valence-electron chi connectivity index (χ0n) is 7.29. The predicted molar refractivity (Wildman–Crippen MR) is 42.5 cm³/mol. The molecule has 0 saturated carbocycles. The van der Waals surface area contributed by atoms with Crippen LogP contribution in [0.1, 0.15) is 20.8 Å². The second-order valence-electron chi connectivity index (χ2n) is 4.25. The molecule has 0 atom stereocenters. The highest BCUT2D eigenvalue weighted by Crippen LogP contribution is 2.33. The van der Waals surface area contributed by atoms with Crippen molar-refractivity contribution < 1.29 is 9.90 Å². The summed E-state index contributed by atoms with van der Waals surface area (Å²) in [5, 5.41) is 8.54. The van der Waals surface area contributed by atoms with E-state index < -0.39 is 6.09 Å².